The maximum atomic E-state index is 9.61. The van der Waals surface area contributed by atoms with Gasteiger partial charge in [0.1, 0.15) is 6.10 Å². The first-order valence-electron chi connectivity index (χ1n) is 5.21. The molecule has 0 amide bonds. The second kappa shape index (κ2) is 3.45. The molecular weight excluding hydrogens is 184 g/mol. The van der Waals surface area contributed by atoms with Crippen molar-refractivity contribution in [2.45, 2.75) is 64.0 Å². The molecule has 2 saturated heterocycles. The third-order valence-electron chi connectivity index (χ3n) is 2.76. The van der Waals surface area contributed by atoms with Gasteiger partial charge in [-0.15, -0.1) is 0 Å². The van der Waals surface area contributed by atoms with E-state index in [1.54, 1.807) is 0 Å². The Labute approximate surface area is 84.1 Å². The third-order valence-corrected chi connectivity index (χ3v) is 2.76. The third kappa shape index (κ3) is 1.80. The summed E-state index contributed by atoms with van der Waals surface area (Å²) in [4.78, 5) is 0. The highest BCUT2D eigenvalue weighted by Gasteiger charge is 2.49. The van der Waals surface area contributed by atoms with Crippen molar-refractivity contribution in [2.24, 2.45) is 0 Å². The van der Waals surface area contributed by atoms with Crippen molar-refractivity contribution in [1.82, 2.24) is 0 Å². The fraction of sp³-hybridized carbons (Fsp3) is 1.00. The SMILES string of the molecule is CC[C@H](O)C1C[C@H]2OC(C)(C)O[C@H]2O1. The van der Waals surface area contributed by atoms with Crippen LogP contribution in [-0.4, -0.2) is 35.5 Å². The van der Waals surface area contributed by atoms with Crippen LogP contribution in [0.1, 0.15) is 33.6 Å². The summed E-state index contributed by atoms with van der Waals surface area (Å²) in [6, 6.07) is 0. The van der Waals surface area contributed by atoms with Crippen molar-refractivity contribution in [1.29, 1.82) is 0 Å². The van der Waals surface area contributed by atoms with Crippen LogP contribution in [0.4, 0.5) is 0 Å². The van der Waals surface area contributed by atoms with E-state index in [0.717, 1.165) is 6.42 Å². The lowest BCUT2D eigenvalue weighted by molar-refractivity contribution is -0.214. The Bertz CT molecular complexity index is 200. The Balaban J connectivity index is 1.93. The van der Waals surface area contributed by atoms with Gasteiger partial charge in [-0.3, -0.25) is 0 Å². The van der Waals surface area contributed by atoms with Crippen molar-refractivity contribution in [3.05, 3.63) is 0 Å². The molecule has 0 spiro atoms. The predicted molar refractivity (Wildman–Crippen MR) is 49.6 cm³/mol. The van der Waals surface area contributed by atoms with Gasteiger partial charge in [0.05, 0.1) is 12.2 Å². The molecular formula is C10H18O4. The highest BCUT2D eigenvalue weighted by molar-refractivity contribution is 4.87. The average Bonchev–Trinajstić information content (AvgIpc) is 2.56. The molecule has 0 bridgehead atoms. The topological polar surface area (TPSA) is 47.9 Å². The molecule has 14 heavy (non-hydrogen) atoms. The molecule has 1 N–H and O–H groups in total. The van der Waals surface area contributed by atoms with E-state index in [2.05, 4.69) is 0 Å². The van der Waals surface area contributed by atoms with Crippen molar-refractivity contribution < 1.29 is 19.3 Å². The summed E-state index contributed by atoms with van der Waals surface area (Å²) in [5, 5.41) is 9.61. The highest BCUT2D eigenvalue weighted by Crippen LogP contribution is 2.38. The van der Waals surface area contributed by atoms with E-state index < -0.39 is 11.9 Å². The van der Waals surface area contributed by atoms with Crippen LogP contribution < -0.4 is 0 Å². The lowest BCUT2D eigenvalue weighted by Gasteiger charge is -2.22. The van der Waals surface area contributed by atoms with Gasteiger partial charge in [-0.2, -0.15) is 0 Å². The molecule has 4 nitrogen and oxygen atoms in total. The molecule has 4 atom stereocenters. The first-order valence-corrected chi connectivity index (χ1v) is 5.21. The van der Waals surface area contributed by atoms with E-state index in [1.165, 1.54) is 0 Å². The minimum Gasteiger partial charge on any atom is -0.390 e. The van der Waals surface area contributed by atoms with Crippen LogP contribution in [0.3, 0.4) is 0 Å². The summed E-state index contributed by atoms with van der Waals surface area (Å²) in [5.74, 6) is -0.544. The van der Waals surface area contributed by atoms with Crippen molar-refractivity contribution in [3.8, 4) is 0 Å². The molecule has 1 unspecified atom stereocenters. The molecule has 4 heteroatoms. The lowest BCUT2D eigenvalue weighted by atomic mass is 10.1. The molecule has 82 valence electrons. The van der Waals surface area contributed by atoms with Crippen LogP contribution in [0.15, 0.2) is 0 Å². The van der Waals surface area contributed by atoms with Gasteiger partial charge in [0.2, 0.25) is 0 Å². The number of fused-ring (bicyclic) bond motifs is 1. The Morgan fingerprint density at radius 1 is 1.43 bits per heavy atom. The quantitative estimate of drug-likeness (QED) is 0.726. The Morgan fingerprint density at radius 3 is 2.71 bits per heavy atom. The van der Waals surface area contributed by atoms with Crippen LogP contribution >= 0.6 is 0 Å². The van der Waals surface area contributed by atoms with Gasteiger partial charge < -0.3 is 19.3 Å². The maximum Gasteiger partial charge on any atom is 0.187 e. The van der Waals surface area contributed by atoms with E-state index >= 15 is 0 Å². The smallest absolute Gasteiger partial charge is 0.187 e. The zero-order chi connectivity index (χ0) is 10.3. The van der Waals surface area contributed by atoms with E-state index in [0.29, 0.717) is 6.42 Å². The highest BCUT2D eigenvalue weighted by atomic mass is 16.8. The number of ether oxygens (including phenoxy) is 3. The summed E-state index contributed by atoms with van der Waals surface area (Å²) in [5.41, 5.74) is 0. The zero-order valence-electron chi connectivity index (χ0n) is 8.90. The summed E-state index contributed by atoms with van der Waals surface area (Å²) in [6.07, 6.45) is 0.575. The maximum absolute atomic E-state index is 9.61. The largest absolute Gasteiger partial charge is 0.390 e. The van der Waals surface area contributed by atoms with Crippen molar-refractivity contribution in [2.75, 3.05) is 0 Å². The monoisotopic (exact) mass is 202 g/mol. The Kier molecular flexibility index (Phi) is 2.55. The van der Waals surface area contributed by atoms with Crippen molar-refractivity contribution >= 4 is 0 Å². The molecule has 0 aromatic carbocycles. The molecule has 2 heterocycles. The van der Waals surface area contributed by atoms with Gasteiger partial charge in [-0.05, 0) is 20.3 Å². The second-order valence-electron chi connectivity index (χ2n) is 4.43. The molecule has 2 rings (SSSR count). The summed E-state index contributed by atoms with van der Waals surface area (Å²) in [6.45, 7) is 5.69. The first kappa shape index (κ1) is 10.4. The van der Waals surface area contributed by atoms with Gasteiger partial charge in [0.15, 0.2) is 12.1 Å². The van der Waals surface area contributed by atoms with Crippen LogP contribution in [0.2, 0.25) is 0 Å². The number of aliphatic hydroxyl groups excluding tert-OH is 1. The first-order chi connectivity index (χ1) is 6.52. The van der Waals surface area contributed by atoms with Gasteiger partial charge in [-0.1, -0.05) is 6.92 Å². The normalized spacial score (nSPS) is 42.4. The minimum absolute atomic E-state index is 0.0174. The van der Waals surface area contributed by atoms with Gasteiger partial charge in [-0.25, -0.2) is 0 Å². The van der Waals surface area contributed by atoms with Crippen LogP contribution in [0, 0.1) is 0 Å². The molecule has 0 aliphatic carbocycles. The number of aliphatic hydroxyl groups is 1. The molecule has 0 aromatic heterocycles. The Morgan fingerprint density at radius 2 is 2.14 bits per heavy atom. The average molecular weight is 202 g/mol. The fourth-order valence-electron chi connectivity index (χ4n) is 2.05. The van der Waals surface area contributed by atoms with Crippen molar-refractivity contribution in [3.63, 3.8) is 0 Å². The molecule has 2 aliphatic heterocycles. The minimum atomic E-state index is -0.544. The standard InChI is InChI=1S/C10H18O4/c1-4-6(11)7-5-8-9(12-7)14-10(2,3)13-8/h6-9,11H,4-5H2,1-3H3/t6-,7?,8+,9+/m0/s1. The van der Waals surface area contributed by atoms with Crippen LogP contribution in [0.25, 0.3) is 0 Å². The summed E-state index contributed by atoms with van der Waals surface area (Å²) < 4.78 is 16.8. The number of hydrogen-bond acceptors (Lipinski definition) is 4. The molecule has 2 fully saturated rings. The van der Waals surface area contributed by atoms with Gasteiger partial charge >= 0.3 is 0 Å². The molecule has 0 radical (unpaired) electrons. The van der Waals surface area contributed by atoms with E-state index in [-0.39, 0.29) is 18.5 Å². The van der Waals surface area contributed by atoms with E-state index in [1.807, 2.05) is 20.8 Å². The van der Waals surface area contributed by atoms with Gasteiger partial charge in [0.25, 0.3) is 0 Å². The molecule has 0 saturated carbocycles. The number of rotatable bonds is 2. The van der Waals surface area contributed by atoms with Gasteiger partial charge in [0, 0.05) is 6.42 Å². The summed E-state index contributed by atoms with van der Waals surface area (Å²) in [7, 11) is 0. The molecule has 2 aliphatic rings. The Hall–Kier alpha value is -0.160. The zero-order valence-corrected chi connectivity index (χ0v) is 8.90. The predicted octanol–water partition coefficient (Wildman–Crippen LogP) is 1.02. The number of hydrogen-bond donors (Lipinski definition) is 1. The second-order valence-corrected chi connectivity index (χ2v) is 4.43. The van der Waals surface area contributed by atoms with Crippen LogP contribution in [-0.2, 0) is 14.2 Å². The lowest BCUT2D eigenvalue weighted by Crippen LogP contribution is -2.30. The molecule has 0 aromatic rings. The van der Waals surface area contributed by atoms with E-state index in [4.69, 9.17) is 14.2 Å². The fourth-order valence-corrected chi connectivity index (χ4v) is 2.05. The van der Waals surface area contributed by atoms with Crippen LogP contribution in [0.5, 0.6) is 0 Å². The summed E-state index contributed by atoms with van der Waals surface area (Å²) >= 11 is 0. The van der Waals surface area contributed by atoms with E-state index in [9.17, 15) is 5.11 Å².